The lowest BCUT2D eigenvalue weighted by Gasteiger charge is -2.25. The first-order valence-corrected chi connectivity index (χ1v) is 13.6. The molecule has 0 aromatic heterocycles. The van der Waals surface area contributed by atoms with Crippen molar-refractivity contribution in [2.24, 2.45) is 0 Å². The molecule has 38 heavy (non-hydrogen) atoms. The molecule has 0 atom stereocenters. The van der Waals surface area contributed by atoms with Gasteiger partial charge in [-0.15, -0.1) is 0 Å². The van der Waals surface area contributed by atoms with Gasteiger partial charge in [-0.05, 0) is 67.1 Å². The summed E-state index contributed by atoms with van der Waals surface area (Å²) in [5.74, 6) is -0.918. The van der Waals surface area contributed by atoms with Crippen molar-refractivity contribution in [3.63, 3.8) is 0 Å². The minimum absolute atomic E-state index is 0.0775. The van der Waals surface area contributed by atoms with Gasteiger partial charge in [0, 0.05) is 11.3 Å². The number of ether oxygens (including phenoxy) is 1. The monoisotopic (exact) mass is 548 g/mol. The average molecular weight is 549 g/mol. The Morgan fingerprint density at radius 3 is 2.11 bits per heavy atom. The Kier molecular flexibility index (Phi) is 8.45. The van der Waals surface area contributed by atoms with Crippen LogP contribution in [0.3, 0.4) is 0 Å². The Bertz CT molecular complexity index is 1530. The van der Waals surface area contributed by atoms with Crippen molar-refractivity contribution in [3.05, 3.63) is 125 Å². The third kappa shape index (κ3) is 6.22. The maximum atomic E-state index is 13.5. The number of esters is 1. The van der Waals surface area contributed by atoms with E-state index in [0.717, 1.165) is 0 Å². The Hall–Kier alpha value is -4.14. The molecule has 4 aromatic carbocycles. The minimum Gasteiger partial charge on any atom is -0.462 e. The van der Waals surface area contributed by atoms with Crippen molar-refractivity contribution in [2.75, 3.05) is 16.2 Å². The molecule has 0 aliphatic carbocycles. The van der Waals surface area contributed by atoms with E-state index in [1.807, 2.05) is 6.07 Å². The summed E-state index contributed by atoms with van der Waals surface area (Å²) in [6.07, 6.45) is 0. The average Bonchev–Trinajstić information content (AvgIpc) is 2.93. The first-order chi connectivity index (χ1) is 18.3. The quantitative estimate of drug-likeness (QED) is 0.253. The number of carbonyl (C=O) groups excluding carboxylic acids is 2. The van der Waals surface area contributed by atoms with E-state index >= 15 is 0 Å². The van der Waals surface area contributed by atoms with Gasteiger partial charge in [0.1, 0.15) is 0 Å². The predicted octanol–water partition coefficient (Wildman–Crippen LogP) is 6.16. The van der Waals surface area contributed by atoms with E-state index in [1.54, 1.807) is 91.9 Å². The van der Waals surface area contributed by atoms with Crippen molar-refractivity contribution in [1.82, 2.24) is 0 Å². The fourth-order valence-electron chi connectivity index (χ4n) is 3.73. The number of anilines is 2. The fourth-order valence-corrected chi connectivity index (χ4v) is 5.46. The molecule has 4 aromatic rings. The highest BCUT2D eigenvalue weighted by Gasteiger charge is 2.25. The second-order valence-corrected chi connectivity index (χ2v) is 10.5. The smallest absolute Gasteiger partial charge is 0.339 e. The number of halogens is 1. The first-order valence-electron chi connectivity index (χ1n) is 11.8. The molecule has 0 saturated carbocycles. The molecule has 0 heterocycles. The largest absolute Gasteiger partial charge is 0.462 e. The molecule has 0 fully saturated rings. The highest BCUT2D eigenvalue weighted by Crippen LogP contribution is 2.26. The molecule has 9 heteroatoms. The molecular formula is C29H25ClN2O5S. The molecule has 1 amide bonds. The van der Waals surface area contributed by atoms with Gasteiger partial charge in [0.2, 0.25) is 0 Å². The lowest BCUT2D eigenvalue weighted by atomic mass is 10.1. The van der Waals surface area contributed by atoms with Gasteiger partial charge >= 0.3 is 5.97 Å². The van der Waals surface area contributed by atoms with Crippen molar-refractivity contribution < 1.29 is 22.7 Å². The number of nitrogens with zero attached hydrogens (tertiary/aromatic N) is 1. The summed E-state index contributed by atoms with van der Waals surface area (Å²) in [5.41, 5.74) is 2.23. The van der Waals surface area contributed by atoms with Gasteiger partial charge in [0.05, 0.1) is 34.3 Å². The lowest BCUT2D eigenvalue weighted by Crippen LogP contribution is -2.30. The summed E-state index contributed by atoms with van der Waals surface area (Å²) in [5, 5.41) is 2.91. The number of benzene rings is 4. The third-order valence-corrected chi connectivity index (χ3v) is 7.74. The molecule has 0 spiro atoms. The molecule has 1 N–H and O–H groups in total. The minimum atomic E-state index is -3.83. The predicted molar refractivity (Wildman–Crippen MR) is 148 cm³/mol. The highest BCUT2D eigenvalue weighted by atomic mass is 35.5. The van der Waals surface area contributed by atoms with E-state index in [1.165, 1.54) is 16.4 Å². The molecule has 0 aliphatic heterocycles. The first kappa shape index (κ1) is 26.9. The van der Waals surface area contributed by atoms with E-state index in [9.17, 15) is 18.0 Å². The summed E-state index contributed by atoms with van der Waals surface area (Å²) >= 11 is 6.18. The molecule has 0 radical (unpaired) electrons. The van der Waals surface area contributed by atoms with Gasteiger partial charge in [-0.1, -0.05) is 60.1 Å². The van der Waals surface area contributed by atoms with Gasteiger partial charge in [-0.25, -0.2) is 13.2 Å². The van der Waals surface area contributed by atoms with Crippen LogP contribution in [0.25, 0.3) is 0 Å². The van der Waals surface area contributed by atoms with Crippen LogP contribution in [0.1, 0.15) is 33.2 Å². The summed E-state index contributed by atoms with van der Waals surface area (Å²) < 4.78 is 33.2. The SMILES string of the molecule is CCOC(=O)c1ccc(NC(=O)c2ccc(CN(c3ccccc3)S(=O)(=O)c3ccccc3)cc2)cc1Cl. The van der Waals surface area contributed by atoms with Gasteiger partial charge in [0.25, 0.3) is 15.9 Å². The number of hydrogen-bond acceptors (Lipinski definition) is 5. The van der Waals surface area contributed by atoms with Crippen LogP contribution in [0.5, 0.6) is 0 Å². The summed E-state index contributed by atoms with van der Waals surface area (Å²) in [7, 11) is -3.83. The topological polar surface area (TPSA) is 92.8 Å². The summed E-state index contributed by atoms with van der Waals surface area (Å²) in [6, 6.07) is 28.3. The van der Waals surface area contributed by atoms with Crippen LogP contribution < -0.4 is 9.62 Å². The number of nitrogens with one attached hydrogen (secondary N) is 1. The van der Waals surface area contributed by atoms with Gasteiger partial charge in [0.15, 0.2) is 0 Å². The number of amides is 1. The molecular weight excluding hydrogens is 524 g/mol. The summed E-state index contributed by atoms with van der Waals surface area (Å²) in [4.78, 5) is 24.9. The number of hydrogen-bond donors (Lipinski definition) is 1. The maximum Gasteiger partial charge on any atom is 0.339 e. The zero-order valence-corrected chi connectivity index (χ0v) is 22.1. The van der Waals surface area contributed by atoms with Crippen molar-refractivity contribution >= 4 is 44.9 Å². The zero-order chi connectivity index (χ0) is 27.1. The third-order valence-electron chi connectivity index (χ3n) is 5.64. The van der Waals surface area contributed by atoms with Crippen LogP contribution in [-0.4, -0.2) is 26.9 Å². The van der Waals surface area contributed by atoms with Gasteiger partial charge < -0.3 is 10.1 Å². The van der Waals surface area contributed by atoms with Crippen LogP contribution in [0.15, 0.2) is 108 Å². The van der Waals surface area contributed by atoms with Gasteiger partial charge in [-0.2, -0.15) is 0 Å². The van der Waals surface area contributed by atoms with Crippen LogP contribution >= 0.6 is 11.6 Å². The Morgan fingerprint density at radius 1 is 0.868 bits per heavy atom. The molecule has 7 nitrogen and oxygen atoms in total. The molecule has 0 aliphatic rings. The zero-order valence-electron chi connectivity index (χ0n) is 20.5. The van der Waals surface area contributed by atoms with Crippen LogP contribution in [0.2, 0.25) is 5.02 Å². The second kappa shape index (κ2) is 11.9. The van der Waals surface area contributed by atoms with Crippen molar-refractivity contribution in [2.45, 2.75) is 18.4 Å². The lowest BCUT2D eigenvalue weighted by molar-refractivity contribution is 0.0526. The van der Waals surface area contributed by atoms with E-state index in [-0.39, 0.29) is 34.5 Å². The Balaban J connectivity index is 1.52. The normalized spacial score (nSPS) is 11.0. The molecule has 194 valence electrons. The van der Waals surface area contributed by atoms with Crippen molar-refractivity contribution in [1.29, 1.82) is 0 Å². The van der Waals surface area contributed by atoms with Crippen LogP contribution in [0, 0.1) is 0 Å². The van der Waals surface area contributed by atoms with E-state index in [2.05, 4.69) is 5.32 Å². The van der Waals surface area contributed by atoms with E-state index < -0.39 is 16.0 Å². The maximum absolute atomic E-state index is 13.5. The van der Waals surface area contributed by atoms with E-state index in [0.29, 0.717) is 22.5 Å². The summed E-state index contributed by atoms with van der Waals surface area (Å²) in [6.45, 7) is 2.01. The molecule has 0 bridgehead atoms. The number of rotatable bonds is 9. The van der Waals surface area contributed by atoms with Gasteiger partial charge in [-0.3, -0.25) is 9.10 Å². The van der Waals surface area contributed by atoms with Crippen LogP contribution in [-0.2, 0) is 21.3 Å². The highest BCUT2D eigenvalue weighted by molar-refractivity contribution is 7.92. The molecule has 4 rings (SSSR count). The van der Waals surface area contributed by atoms with Crippen molar-refractivity contribution in [3.8, 4) is 0 Å². The van der Waals surface area contributed by atoms with E-state index in [4.69, 9.17) is 16.3 Å². The standard InChI is InChI=1S/C29H25ClN2O5S/c1-2-37-29(34)26-18-17-23(19-27(26)30)31-28(33)22-15-13-21(14-16-22)20-32(24-9-5-3-6-10-24)38(35,36)25-11-7-4-8-12-25/h3-19H,2,20H2,1H3,(H,31,33). The van der Waals surface area contributed by atoms with Crippen LogP contribution in [0.4, 0.5) is 11.4 Å². The Labute approximate surface area is 226 Å². The molecule has 0 unspecified atom stereocenters. The fraction of sp³-hybridized carbons (Fsp3) is 0.103. The second-order valence-electron chi connectivity index (χ2n) is 8.23. The number of sulfonamides is 1. The molecule has 0 saturated heterocycles. The number of para-hydroxylation sites is 1. The Morgan fingerprint density at radius 2 is 1.50 bits per heavy atom. The number of carbonyl (C=O) groups is 2.